The lowest BCUT2D eigenvalue weighted by atomic mass is 10.0. The largest absolute Gasteiger partial charge is 0.497 e. The van der Waals surface area contributed by atoms with Gasteiger partial charge in [0.2, 0.25) is 0 Å². The number of hydrogen-bond donors (Lipinski definition) is 1. The number of carbonyl (C=O) groups is 1. The summed E-state index contributed by atoms with van der Waals surface area (Å²) in [4.78, 5) is 14.9. The summed E-state index contributed by atoms with van der Waals surface area (Å²) in [6, 6.07) is 13.8. The van der Waals surface area contributed by atoms with Crippen molar-refractivity contribution in [2.75, 3.05) is 33.9 Å². The maximum Gasteiger partial charge on any atom is 0.251 e. The molecule has 0 bridgehead atoms. The van der Waals surface area contributed by atoms with Crippen LogP contribution in [-0.4, -0.2) is 50.7 Å². The zero-order chi connectivity index (χ0) is 19.2. The number of methoxy groups -OCH3 is 2. The van der Waals surface area contributed by atoms with Gasteiger partial charge in [-0.15, -0.1) is 0 Å². The van der Waals surface area contributed by atoms with Crippen LogP contribution in [0.15, 0.2) is 42.5 Å². The summed E-state index contributed by atoms with van der Waals surface area (Å²) in [5.74, 6) is 1.47. The molecule has 2 aromatic carbocycles. The predicted octanol–water partition coefficient (Wildman–Crippen LogP) is 3.58. The molecule has 27 heavy (non-hydrogen) atoms. The van der Waals surface area contributed by atoms with Gasteiger partial charge in [-0.05, 0) is 55.8 Å². The lowest BCUT2D eigenvalue weighted by Crippen LogP contribution is -2.40. The molecule has 1 heterocycles. The monoisotopic (exact) mass is 368 g/mol. The molecule has 0 spiro atoms. The fourth-order valence-electron chi connectivity index (χ4n) is 3.69. The highest BCUT2D eigenvalue weighted by atomic mass is 16.5. The Morgan fingerprint density at radius 3 is 2.59 bits per heavy atom. The van der Waals surface area contributed by atoms with E-state index in [1.807, 2.05) is 42.5 Å². The number of hydrogen-bond acceptors (Lipinski definition) is 4. The number of nitrogens with one attached hydrogen (secondary N) is 1. The number of likely N-dealkylation sites (tertiary alicyclic amines) is 1. The Morgan fingerprint density at radius 1 is 1.15 bits per heavy atom. The van der Waals surface area contributed by atoms with E-state index in [-0.39, 0.29) is 5.91 Å². The van der Waals surface area contributed by atoms with E-state index in [1.165, 1.54) is 6.42 Å². The molecule has 2 aromatic rings. The van der Waals surface area contributed by atoms with E-state index < -0.39 is 0 Å². The Bertz CT molecular complexity index is 774. The fourth-order valence-corrected chi connectivity index (χ4v) is 3.69. The Labute approximate surface area is 161 Å². The lowest BCUT2D eigenvalue weighted by molar-refractivity contribution is 0.0941. The Balaban J connectivity index is 1.67. The maximum atomic E-state index is 12.5. The second kappa shape index (κ2) is 8.91. The summed E-state index contributed by atoms with van der Waals surface area (Å²) in [5, 5.41) is 3.08. The van der Waals surface area contributed by atoms with Crippen molar-refractivity contribution in [3.63, 3.8) is 0 Å². The molecule has 1 aliphatic rings. The van der Waals surface area contributed by atoms with Gasteiger partial charge < -0.3 is 14.8 Å². The van der Waals surface area contributed by atoms with Gasteiger partial charge in [0, 0.05) is 29.8 Å². The highest BCUT2D eigenvalue weighted by Crippen LogP contribution is 2.33. The molecule has 1 amide bonds. The van der Waals surface area contributed by atoms with E-state index in [0.29, 0.717) is 18.2 Å². The summed E-state index contributed by atoms with van der Waals surface area (Å²) in [7, 11) is 3.27. The standard InChI is InChI=1S/C22H28N2O3/c1-4-24-13-5-6-18(24)15-23-22(25)17-9-7-16(8-10-17)20-12-11-19(26-2)14-21(20)27-3/h7-12,14,18H,4-6,13,15H2,1-3H3,(H,23,25)/t18-/m1/s1. The quantitative estimate of drug-likeness (QED) is 0.812. The van der Waals surface area contributed by atoms with Crippen LogP contribution in [0.4, 0.5) is 0 Å². The second-order valence-electron chi connectivity index (χ2n) is 6.78. The normalized spacial score (nSPS) is 16.9. The third-order valence-corrected chi connectivity index (χ3v) is 5.27. The summed E-state index contributed by atoms with van der Waals surface area (Å²) in [5.41, 5.74) is 2.64. The summed E-state index contributed by atoms with van der Waals surface area (Å²) >= 11 is 0. The molecular weight excluding hydrogens is 340 g/mol. The Morgan fingerprint density at radius 2 is 1.93 bits per heavy atom. The van der Waals surface area contributed by atoms with Gasteiger partial charge >= 0.3 is 0 Å². The van der Waals surface area contributed by atoms with Gasteiger partial charge in [0.15, 0.2) is 0 Å². The van der Waals surface area contributed by atoms with Crippen LogP contribution in [0.1, 0.15) is 30.1 Å². The highest BCUT2D eigenvalue weighted by molar-refractivity contribution is 5.94. The first kappa shape index (κ1) is 19.2. The molecule has 0 aromatic heterocycles. The van der Waals surface area contributed by atoms with Crippen molar-refractivity contribution in [1.29, 1.82) is 0 Å². The average Bonchev–Trinajstić information content (AvgIpc) is 3.19. The van der Waals surface area contributed by atoms with E-state index in [0.717, 1.165) is 42.1 Å². The van der Waals surface area contributed by atoms with E-state index >= 15 is 0 Å². The molecule has 0 unspecified atom stereocenters. The number of likely N-dealkylation sites (N-methyl/N-ethyl adjacent to an activating group) is 1. The minimum absolute atomic E-state index is 0.0220. The van der Waals surface area contributed by atoms with E-state index in [1.54, 1.807) is 14.2 Å². The van der Waals surface area contributed by atoms with Crippen LogP contribution in [0.5, 0.6) is 11.5 Å². The maximum absolute atomic E-state index is 12.5. The molecule has 1 fully saturated rings. The third kappa shape index (κ3) is 4.42. The highest BCUT2D eigenvalue weighted by Gasteiger charge is 2.23. The molecule has 1 aliphatic heterocycles. The van der Waals surface area contributed by atoms with Gasteiger partial charge in [-0.25, -0.2) is 0 Å². The van der Waals surface area contributed by atoms with E-state index in [4.69, 9.17) is 9.47 Å². The van der Waals surface area contributed by atoms with Crippen LogP contribution < -0.4 is 14.8 Å². The average molecular weight is 368 g/mol. The first-order chi connectivity index (χ1) is 13.2. The molecule has 3 rings (SSSR count). The van der Waals surface area contributed by atoms with Gasteiger partial charge in [0.1, 0.15) is 11.5 Å². The van der Waals surface area contributed by atoms with E-state index in [2.05, 4.69) is 17.1 Å². The molecular formula is C22H28N2O3. The third-order valence-electron chi connectivity index (χ3n) is 5.27. The molecule has 0 saturated carbocycles. The Hall–Kier alpha value is -2.53. The smallest absolute Gasteiger partial charge is 0.251 e. The molecule has 5 nitrogen and oxygen atoms in total. The van der Waals surface area contributed by atoms with Crippen molar-refractivity contribution in [3.8, 4) is 22.6 Å². The number of ether oxygens (including phenoxy) is 2. The number of rotatable bonds is 7. The van der Waals surface area contributed by atoms with Crippen molar-refractivity contribution in [3.05, 3.63) is 48.0 Å². The van der Waals surface area contributed by atoms with Crippen LogP contribution in [-0.2, 0) is 0 Å². The Kier molecular flexibility index (Phi) is 6.35. The molecule has 0 radical (unpaired) electrons. The van der Waals surface area contributed by atoms with Crippen molar-refractivity contribution in [1.82, 2.24) is 10.2 Å². The fraction of sp³-hybridized carbons (Fsp3) is 0.409. The van der Waals surface area contributed by atoms with Crippen LogP contribution >= 0.6 is 0 Å². The molecule has 1 N–H and O–H groups in total. The van der Waals surface area contributed by atoms with Crippen LogP contribution in [0.25, 0.3) is 11.1 Å². The molecule has 144 valence electrons. The SMILES string of the molecule is CCN1CCC[C@@H]1CNC(=O)c1ccc(-c2ccc(OC)cc2OC)cc1. The number of carbonyl (C=O) groups excluding carboxylic acids is 1. The zero-order valence-corrected chi connectivity index (χ0v) is 16.3. The first-order valence-corrected chi connectivity index (χ1v) is 9.51. The predicted molar refractivity (Wildman–Crippen MR) is 108 cm³/mol. The van der Waals surface area contributed by atoms with Crippen molar-refractivity contribution < 1.29 is 14.3 Å². The number of amides is 1. The van der Waals surface area contributed by atoms with Crippen molar-refractivity contribution >= 4 is 5.91 Å². The second-order valence-corrected chi connectivity index (χ2v) is 6.78. The van der Waals surface area contributed by atoms with Crippen LogP contribution in [0, 0.1) is 0 Å². The van der Waals surface area contributed by atoms with Crippen molar-refractivity contribution in [2.24, 2.45) is 0 Å². The van der Waals surface area contributed by atoms with Crippen LogP contribution in [0.2, 0.25) is 0 Å². The molecule has 0 aliphatic carbocycles. The van der Waals surface area contributed by atoms with Gasteiger partial charge in [-0.2, -0.15) is 0 Å². The van der Waals surface area contributed by atoms with Crippen molar-refractivity contribution in [2.45, 2.75) is 25.8 Å². The first-order valence-electron chi connectivity index (χ1n) is 9.51. The van der Waals surface area contributed by atoms with Gasteiger partial charge in [0.05, 0.1) is 14.2 Å². The summed E-state index contributed by atoms with van der Waals surface area (Å²) in [6.45, 7) is 5.06. The number of benzene rings is 2. The minimum atomic E-state index is -0.0220. The minimum Gasteiger partial charge on any atom is -0.497 e. The zero-order valence-electron chi connectivity index (χ0n) is 16.3. The van der Waals surface area contributed by atoms with E-state index in [9.17, 15) is 4.79 Å². The molecule has 1 saturated heterocycles. The van der Waals surface area contributed by atoms with Gasteiger partial charge in [0.25, 0.3) is 5.91 Å². The molecule has 5 heteroatoms. The topological polar surface area (TPSA) is 50.8 Å². The molecule has 1 atom stereocenters. The van der Waals surface area contributed by atoms with Crippen LogP contribution in [0.3, 0.4) is 0 Å². The summed E-state index contributed by atoms with van der Waals surface area (Å²) in [6.07, 6.45) is 2.37. The van der Waals surface area contributed by atoms with Gasteiger partial charge in [-0.1, -0.05) is 19.1 Å². The number of nitrogens with zero attached hydrogens (tertiary/aromatic N) is 1. The van der Waals surface area contributed by atoms with Gasteiger partial charge in [-0.3, -0.25) is 9.69 Å². The summed E-state index contributed by atoms with van der Waals surface area (Å²) < 4.78 is 10.7. The lowest BCUT2D eigenvalue weighted by Gasteiger charge is -2.22.